The van der Waals surface area contributed by atoms with Gasteiger partial charge in [0.2, 0.25) is 5.90 Å². The number of ether oxygens (including phenoxy) is 1. The highest BCUT2D eigenvalue weighted by atomic mass is 32.2. The molecule has 1 atom stereocenters. The lowest BCUT2D eigenvalue weighted by molar-refractivity contribution is 0.324. The first kappa shape index (κ1) is 9.52. The molecule has 0 aliphatic carbocycles. The van der Waals surface area contributed by atoms with E-state index in [2.05, 4.69) is 16.2 Å². The van der Waals surface area contributed by atoms with Crippen LogP contribution in [0.4, 0.5) is 0 Å². The highest BCUT2D eigenvalue weighted by Crippen LogP contribution is 2.12. The lowest BCUT2D eigenvalue weighted by Gasteiger charge is -1.99. The molecule has 1 aromatic heterocycles. The van der Waals surface area contributed by atoms with Crippen LogP contribution in [0.2, 0.25) is 0 Å². The van der Waals surface area contributed by atoms with Crippen LogP contribution in [0.25, 0.3) is 0 Å². The summed E-state index contributed by atoms with van der Waals surface area (Å²) in [5.41, 5.74) is 0.830. The van der Waals surface area contributed by atoms with E-state index in [4.69, 9.17) is 4.74 Å². The fraction of sp³-hybridized carbons (Fsp3) is 0.400. The Kier molecular flexibility index (Phi) is 3.03. The largest absolute Gasteiger partial charge is 0.474 e. The first-order chi connectivity index (χ1) is 6.90. The molecule has 2 heterocycles. The molecule has 0 bridgehead atoms. The van der Waals surface area contributed by atoms with Gasteiger partial charge in [-0.3, -0.25) is 4.98 Å². The van der Waals surface area contributed by atoms with Gasteiger partial charge >= 0.3 is 0 Å². The van der Waals surface area contributed by atoms with Gasteiger partial charge in [-0.1, -0.05) is 6.07 Å². The second kappa shape index (κ2) is 4.46. The van der Waals surface area contributed by atoms with Gasteiger partial charge in [-0.25, -0.2) is 4.99 Å². The molecule has 0 saturated heterocycles. The second-order valence-electron chi connectivity index (χ2n) is 3.07. The summed E-state index contributed by atoms with van der Waals surface area (Å²) in [5, 5.41) is 0. The van der Waals surface area contributed by atoms with Crippen LogP contribution in [0.1, 0.15) is 5.69 Å². The first-order valence-electron chi connectivity index (χ1n) is 4.51. The molecule has 74 valence electrons. The van der Waals surface area contributed by atoms with Crippen molar-refractivity contribution in [3.8, 4) is 0 Å². The van der Waals surface area contributed by atoms with Crippen molar-refractivity contribution in [2.45, 2.75) is 6.04 Å². The minimum atomic E-state index is 0.294. The fourth-order valence-corrected chi connectivity index (χ4v) is 1.88. The third-order valence-corrected chi connectivity index (χ3v) is 2.67. The number of rotatable bonds is 3. The summed E-state index contributed by atoms with van der Waals surface area (Å²) in [6, 6.07) is 6.04. The molecule has 1 aromatic rings. The third kappa shape index (κ3) is 2.07. The van der Waals surface area contributed by atoms with E-state index >= 15 is 0 Å². The number of hydrogen-bond donors (Lipinski definition) is 0. The summed E-state index contributed by atoms with van der Waals surface area (Å²) in [5.74, 6) is 1.70. The van der Waals surface area contributed by atoms with E-state index in [-0.39, 0.29) is 0 Å². The lowest BCUT2D eigenvalue weighted by atomic mass is 10.3. The second-order valence-corrected chi connectivity index (χ2v) is 3.98. The molecule has 3 nitrogen and oxygen atoms in total. The Morgan fingerprint density at radius 1 is 1.57 bits per heavy atom. The fourth-order valence-electron chi connectivity index (χ4n) is 1.32. The van der Waals surface area contributed by atoms with Crippen LogP contribution in [0.15, 0.2) is 29.4 Å². The van der Waals surface area contributed by atoms with Gasteiger partial charge in [0, 0.05) is 11.9 Å². The molecule has 0 amide bonds. The van der Waals surface area contributed by atoms with Gasteiger partial charge in [-0.05, 0) is 18.4 Å². The van der Waals surface area contributed by atoms with E-state index in [1.54, 1.807) is 18.0 Å². The summed E-state index contributed by atoms with van der Waals surface area (Å²) in [6.07, 6.45) is 3.83. The van der Waals surface area contributed by atoms with Gasteiger partial charge in [-0.15, -0.1) is 0 Å². The third-order valence-electron chi connectivity index (χ3n) is 1.96. The van der Waals surface area contributed by atoms with Crippen LogP contribution in [0.5, 0.6) is 0 Å². The summed E-state index contributed by atoms with van der Waals surface area (Å²) in [6.45, 7) is 0.687. The molecule has 1 aliphatic heterocycles. The Hall–Kier alpha value is -1.03. The van der Waals surface area contributed by atoms with Crippen molar-refractivity contribution in [2.75, 3.05) is 18.6 Å². The highest BCUT2D eigenvalue weighted by molar-refractivity contribution is 7.98. The number of aliphatic imine (C=N–C) groups is 1. The maximum Gasteiger partial charge on any atom is 0.235 e. The van der Waals surface area contributed by atoms with E-state index in [1.165, 1.54) is 0 Å². The van der Waals surface area contributed by atoms with Crippen molar-refractivity contribution in [1.29, 1.82) is 0 Å². The standard InChI is InChI=1S/C10H12N2OS/c1-14-7-8-6-13-10(12-8)9-4-2-3-5-11-9/h2-5,8H,6-7H2,1H3/t8-/m1/s1. The monoisotopic (exact) mass is 208 g/mol. The summed E-state index contributed by atoms with van der Waals surface area (Å²) in [4.78, 5) is 8.65. The molecule has 14 heavy (non-hydrogen) atoms. The minimum absolute atomic E-state index is 0.294. The van der Waals surface area contributed by atoms with Gasteiger partial charge in [0.15, 0.2) is 0 Å². The predicted molar refractivity (Wildman–Crippen MR) is 58.9 cm³/mol. The predicted octanol–water partition coefficient (Wildman–Crippen LogP) is 1.59. The van der Waals surface area contributed by atoms with Crippen molar-refractivity contribution >= 4 is 17.7 Å². The Morgan fingerprint density at radius 3 is 3.21 bits per heavy atom. The van der Waals surface area contributed by atoms with Crippen LogP contribution in [0.3, 0.4) is 0 Å². The Balaban J connectivity index is 2.10. The number of thioether (sulfide) groups is 1. The summed E-state index contributed by atoms with van der Waals surface area (Å²) >= 11 is 1.79. The van der Waals surface area contributed by atoms with Crippen molar-refractivity contribution < 1.29 is 4.74 Å². The highest BCUT2D eigenvalue weighted by Gasteiger charge is 2.19. The number of aromatic nitrogens is 1. The first-order valence-corrected chi connectivity index (χ1v) is 5.90. The Labute approximate surface area is 87.6 Å². The van der Waals surface area contributed by atoms with Gasteiger partial charge in [-0.2, -0.15) is 11.8 Å². The lowest BCUT2D eigenvalue weighted by Crippen LogP contribution is -2.08. The van der Waals surface area contributed by atoms with Gasteiger partial charge < -0.3 is 4.74 Å². The van der Waals surface area contributed by atoms with Crippen molar-refractivity contribution in [3.05, 3.63) is 30.1 Å². The maximum atomic E-state index is 5.48. The topological polar surface area (TPSA) is 34.5 Å². The van der Waals surface area contributed by atoms with Crippen LogP contribution in [-0.4, -0.2) is 35.5 Å². The molecule has 0 saturated carbocycles. The molecule has 2 rings (SSSR count). The number of hydrogen-bond acceptors (Lipinski definition) is 4. The molecule has 0 spiro atoms. The molecule has 1 aliphatic rings. The molecule has 0 fully saturated rings. The minimum Gasteiger partial charge on any atom is -0.474 e. The zero-order valence-corrected chi connectivity index (χ0v) is 8.83. The molecular formula is C10H12N2OS. The molecule has 0 N–H and O–H groups in total. The van der Waals surface area contributed by atoms with E-state index in [0.29, 0.717) is 18.5 Å². The zero-order valence-electron chi connectivity index (χ0n) is 8.01. The summed E-state index contributed by atoms with van der Waals surface area (Å²) < 4.78 is 5.48. The Bertz CT molecular complexity index is 326. The van der Waals surface area contributed by atoms with E-state index in [1.807, 2.05) is 18.2 Å². The summed E-state index contributed by atoms with van der Waals surface area (Å²) in [7, 11) is 0. The van der Waals surface area contributed by atoms with E-state index in [9.17, 15) is 0 Å². The number of nitrogens with zero attached hydrogens (tertiary/aromatic N) is 2. The smallest absolute Gasteiger partial charge is 0.235 e. The number of pyridine rings is 1. The van der Waals surface area contributed by atoms with Crippen LogP contribution in [-0.2, 0) is 4.74 Å². The average molecular weight is 208 g/mol. The molecule has 0 radical (unpaired) electrons. The average Bonchev–Trinajstić information content (AvgIpc) is 2.68. The van der Waals surface area contributed by atoms with Gasteiger partial charge in [0.1, 0.15) is 12.3 Å². The SMILES string of the molecule is CSC[C@H]1COC(c2ccccn2)=N1. The van der Waals surface area contributed by atoms with Gasteiger partial charge in [0.05, 0.1) is 6.04 Å². The molecule has 4 heteroatoms. The molecular weight excluding hydrogens is 196 g/mol. The van der Waals surface area contributed by atoms with Crippen LogP contribution >= 0.6 is 11.8 Å². The van der Waals surface area contributed by atoms with Crippen LogP contribution in [0, 0.1) is 0 Å². The van der Waals surface area contributed by atoms with Crippen molar-refractivity contribution in [2.24, 2.45) is 4.99 Å². The van der Waals surface area contributed by atoms with Gasteiger partial charge in [0.25, 0.3) is 0 Å². The van der Waals surface area contributed by atoms with Crippen molar-refractivity contribution in [3.63, 3.8) is 0 Å². The van der Waals surface area contributed by atoms with Crippen LogP contribution < -0.4 is 0 Å². The zero-order chi connectivity index (χ0) is 9.80. The molecule has 0 aromatic carbocycles. The quantitative estimate of drug-likeness (QED) is 0.756. The maximum absolute atomic E-state index is 5.48. The van der Waals surface area contributed by atoms with E-state index in [0.717, 1.165) is 11.4 Å². The van der Waals surface area contributed by atoms with Crippen molar-refractivity contribution in [1.82, 2.24) is 4.98 Å². The Morgan fingerprint density at radius 2 is 2.50 bits per heavy atom. The normalized spacial score (nSPS) is 20.4. The van der Waals surface area contributed by atoms with E-state index < -0.39 is 0 Å². The molecule has 0 unspecified atom stereocenters.